The first-order valence-electron chi connectivity index (χ1n) is 6.29. The fraction of sp³-hybridized carbons (Fsp3) is 0.833. The minimum Gasteiger partial charge on any atom is -0.469 e. The quantitative estimate of drug-likeness (QED) is 0.511. The third-order valence-electron chi connectivity index (χ3n) is 2.99. The molecule has 1 rings (SSSR count). The minimum atomic E-state index is -0.143. The summed E-state index contributed by atoms with van der Waals surface area (Å²) in [6.07, 6.45) is 4.40. The Morgan fingerprint density at radius 1 is 1.22 bits per heavy atom. The molecule has 0 bridgehead atoms. The Morgan fingerprint density at radius 3 is 2.44 bits per heavy atom. The van der Waals surface area contributed by atoms with E-state index >= 15 is 0 Å². The van der Waals surface area contributed by atoms with Crippen LogP contribution in [0.5, 0.6) is 0 Å². The number of ether oxygens (including phenoxy) is 1. The summed E-state index contributed by atoms with van der Waals surface area (Å²) in [6.45, 7) is 2.36. The molecule has 1 amide bonds. The van der Waals surface area contributed by atoms with E-state index in [4.69, 9.17) is 0 Å². The second-order valence-corrected chi connectivity index (χ2v) is 4.39. The lowest BCUT2D eigenvalue weighted by Gasteiger charge is -2.25. The Kier molecular flexibility index (Phi) is 9.69. The van der Waals surface area contributed by atoms with Crippen LogP contribution in [0, 0.1) is 5.92 Å². The fourth-order valence-corrected chi connectivity index (χ4v) is 1.68. The molecule has 106 valence electrons. The number of hydrogen-bond donors (Lipinski definition) is 2. The molecule has 1 saturated heterocycles. The van der Waals surface area contributed by atoms with E-state index in [9.17, 15) is 9.59 Å². The summed E-state index contributed by atoms with van der Waals surface area (Å²) < 4.78 is 4.55. The van der Waals surface area contributed by atoms with Crippen molar-refractivity contribution in [2.75, 3.05) is 26.7 Å². The van der Waals surface area contributed by atoms with Gasteiger partial charge in [0.2, 0.25) is 5.91 Å². The van der Waals surface area contributed by atoms with Crippen molar-refractivity contribution in [2.45, 2.75) is 32.1 Å². The number of nitrogens with one attached hydrogen (secondary N) is 2. The van der Waals surface area contributed by atoms with Gasteiger partial charge in [-0.3, -0.25) is 9.59 Å². The molecule has 0 atom stereocenters. The second-order valence-electron chi connectivity index (χ2n) is 4.39. The topological polar surface area (TPSA) is 67.4 Å². The summed E-state index contributed by atoms with van der Waals surface area (Å²) in [4.78, 5) is 22.2. The number of carbonyl (C=O) groups excluding carboxylic acids is 2. The Bertz CT molecular complexity index is 258. The highest BCUT2D eigenvalue weighted by molar-refractivity contribution is 5.85. The first kappa shape index (κ1) is 17.2. The van der Waals surface area contributed by atoms with E-state index in [0.29, 0.717) is 6.42 Å². The van der Waals surface area contributed by atoms with Gasteiger partial charge in [-0.05, 0) is 12.8 Å². The van der Waals surface area contributed by atoms with Gasteiger partial charge >= 0.3 is 5.97 Å². The van der Waals surface area contributed by atoms with Crippen LogP contribution in [0.4, 0.5) is 0 Å². The van der Waals surface area contributed by atoms with Crippen molar-refractivity contribution in [2.24, 2.45) is 5.92 Å². The lowest BCUT2D eigenvalue weighted by Crippen LogP contribution is -2.50. The van der Waals surface area contributed by atoms with Gasteiger partial charge in [0.15, 0.2) is 0 Å². The average molecular weight is 279 g/mol. The zero-order valence-electron chi connectivity index (χ0n) is 10.9. The van der Waals surface area contributed by atoms with Gasteiger partial charge in [-0.2, -0.15) is 0 Å². The van der Waals surface area contributed by atoms with Crippen molar-refractivity contribution in [1.29, 1.82) is 0 Å². The molecule has 0 unspecified atom stereocenters. The molecule has 0 aromatic heterocycles. The van der Waals surface area contributed by atoms with Crippen molar-refractivity contribution in [3.05, 3.63) is 0 Å². The van der Waals surface area contributed by atoms with E-state index in [0.717, 1.165) is 45.3 Å². The molecule has 6 heteroatoms. The number of esters is 1. The molecule has 0 aromatic carbocycles. The Balaban J connectivity index is 0.00000289. The fourth-order valence-electron chi connectivity index (χ4n) is 1.68. The molecule has 1 heterocycles. The number of carbonyl (C=O) groups is 2. The number of methoxy groups -OCH3 is 1. The van der Waals surface area contributed by atoms with E-state index in [-0.39, 0.29) is 30.2 Å². The van der Waals surface area contributed by atoms with Crippen LogP contribution in [0.15, 0.2) is 0 Å². The number of amides is 1. The predicted molar refractivity (Wildman–Crippen MR) is 71.7 cm³/mol. The molecule has 0 saturated carbocycles. The molecule has 18 heavy (non-hydrogen) atoms. The van der Waals surface area contributed by atoms with Crippen LogP contribution in [0.2, 0.25) is 0 Å². The van der Waals surface area contributed by atoms with Crippen molar-refractivity contribution in [1.82, 2.24) is 10.6 Å². The lowest BCUT2D eigenvalue weighted by atomic mass is 10.0. The lowest BCUT2D eigenvalue weighted by molar-refractivity contribution is -0.140. The maximum Gasteiger partial charge on any atom is 0.305 e. The van der Waals surface area contributed by atoms with Gasteiger partial charge in [0.05, 0.1) is 13.0 Å². The summed E-state index contributed by atoms with van der Waals surface area (Å²) in [7, 11) is 1.41. The standard InChI is InChI=1S/C12H22N2O3.ClH/c1-17-11(15)6-4-2-3-5-7-14-12(16)10-8-13-9-10;/h10,13H,2-9H2,1H3,(H,14,16);1H. The minimum absolute atomic E-state index is 0. The normalized spacial score (nSPS) is 14.3. The van der Waals surface area contributed by atoms with Crippen molar-refractivity contribution >= 4 is 24.3 Å². The van der Waals surface area contributed by atoms with Gasteiger partial charge < -0.3 is 15.4 Å². The van der Waals surface area contributed by atoms with Gasteiger partial charge in [-0.25, -0.2) is 0 Å². The highest BCUT2D eigenvalue weighted by Gasteiger charge is 2.23. The molecule has 1 aliphatic rings. The van der Waals surface area contributed by atoms with Crippen LogP contribution in [0.3, 0.4) is 0 Å². The predicted octanol–water partition coefficient (Wildman–Crippen LogP) is 0.867. The Hall–Kier alpha value is -0.810. The number of halogens is 1. The van der Waals surface area contributed by atoms with Crippen molar-refractivity contribution < 1.29 is 14.3 Å². The summed E-state index contributed by atoms with van der Waals surface area (Å²) in [5.41, 5.74) is 0. The van der Waals surface area contributed by atoms with E-state index < -0.39 is 0 Å². The molecule has 1 aliphatic heterocycles. The third-order valence-corrected chi connectivity index (χ3v) is 2.99. The summed E-state index contributed by atoms with van der Waals surface area (Å²) in [6, 6.07) is 0. The zero-order valence-corrected chi connectivity index (χ0v) is 11.7. The Morgan fingerprint density at radius 2 is 1.89 bits per heavy atom. The first-order chi connectivity index (χ1) is 8.24. The first-order valence-corrected chi connectivity index (χ1v) is 6.29. The van der Waals surface area contributed by atoms with E-state index in [1.165, 1.54) is 7.11 Å². The van der Waals surface area contributed by atoms with Gasteiger partial charge in [0.25, 0.3) is 0 Å². The average Bonchev–Trinajstić information content (AvgIpc) is 2.25. The number of unbranched alkanes of at least 4 members (excludes halogenated alkanes) is 3. The molecule has 1 fully saturated rings. The smallest absolute Gasteiger partial charge is 0.305 e. The maximum atomic E-state index is 11.4. The van der Waals surface area contributed by atoms with Crippen LogP contribution in [-0.2, 0) is 14.3 Å². The number of hydrogen-bond acceptors (Lipinski definition) is 4. The molecule has 0 spiro atoms. The van der Waals surface area contributed by atoms with E-state index in [1.807, 2.05) is 0 Å². The van der Waals surface area contributed by atoms with E-state index in [2.05, 4.69) is 15.4 Å². The van der Waals surface area contributed by atoms with Crippen LogP contribution < -0.4 is 10.6 Å². The monoisotopic (exact) mass is 278 g/mol. The summed E-state index contributed by atoms with van der Waals surface area (Å²) in [5, 5.41) is 6.00. The van der Waals surface area contributed by atoms with Crippen LogP contribution in [0.1, 0.15) is 32.1 Å². The zero-order chi connectivity index (χ0) is 12.5. The van der Waals surface area contributed by atoms with Crippen LogP contribution in [-0.4, -0.2) is 38.6 Å². The number of rotatable bonds is 8. The van der Waals surface area contributed by atoms with Crippen LogP contribution >= 0.6 is 12.4 Å². The maximum absolute atomic E-state index is 11.4. The van der Waals surface area contributed by atoms with Gasteiger partial charge in [-0.15, -0.1) is 12.4 Å². The van der Waals surface area contributed by atoms with E-state index in [1.54, 1.807) is 0 Å². The summed E-state index contributed by atoms with van der Waals surface area (Å²) >= 11 is 0. The van der Waals surface area contributed by atoms with Gasteiger partial charge in [0.1, 0.15) is 0 Å². The third kappa shape index (κ3) is 6.81. The van der Waals surface area contributed by atoms with Gasteiger partial charge in [0, 0.05) is 26.1 Å². The van der Waals surface area contributed by atoms with Crippen molar-refractivity contribution in [3.63, 3.8) is 0 Å². The highest BCUT2D eigenvalue weighted by Crippen LogP contribution is 2.04. The molecule has 0 aliphatic carbocycles. The molecule has 5 nitrogen and oxygen atoms in total. The van der Waals surface area contributed by atoms with Gasteiger partial charge in [-0.1, -0.05) is 12.8 Å². The molecule has 0 aromatic rings. The van der Waals surface area contributed by atoms with Crippen molar-refractivity contribution in [3.8, 4) is 0 Å². The largest absolute Gasteiger partial charge is 0.469 e. The summed E-state index contributed by atoms with van der Waals surface area (Å²) in [5.74, 6) is 0.198. The molecular weight excluding hydrogens is 256 g/mol. The van der Waals surface area contributed by atoms with Crippen LogP contribution in [0.25, 0.3) is 0 Å². The SMILES string of the molecule is COC(=O)CCCCCCNC(=O)C1CNC1.Cl. The molecular formula is C12H23ClN2O3. The highest BCUT2D eigenvalue weighted by atomic mass is 35.5. The molecule has 2 N–H and O–H groups in total. The Labute approximate surface area is 114 Å². The molecule has 0 radical (unpaired) electrons. The second kappa shape index (κ2) is 10.1.